The van der Waals surface area contributed by atoms with Gasteiger partial charge in [-0.1, -0.05) is 43.5 Å². The fourth-order valence-corrected chi connectivity index (χ4v) is 3.15. The molecule has 0 heterocycles. The number of carbonyl (C=O) groups is 2. The van der Waals surface area contributed by atoms with Gasteiger partial charge in [-0.25, -0.2) is 9.59 Å². The van der Waals surface area contributed by atoms with Gasteiger partial charge in [0.1, 0.15) is 50.1 Å². The Bertz CT molecular complexity index is 949. The molecule has 0 saturated carbocycles. The third-order valence-corrected chi connectivity index (χ3v) is 5.37. The van der Waals surface area contributed by atoms with Crippen molar-refractivity contribution >= 4 is 11.9 Å². The van der Waals surface area contributed by atoms with Crippen LogP contribution < -0.4 is 9.47 Å². The van der Waals surface area contributed by atoms with E-state index >= 15 is 0 Å². The molecule has 0 fully saturated rings. The summed E-state index contributed by atoms with van der Waals surface area (Å²) < 4.78 is 20.7. The highest BCUT2D eigenvalue weighted by molar-refractivity contribution is 5.81. The first kappa shape index (κ1) is 28.4. The SMILES string of the molecule is C=CC(=O)OCC(O)COc1ccc(C(C)(C=C)c2ccc(OCC(O)COC(=O)C=C)cc2)cc1. The first-order valence-corrected chi connectivity index (χ1v) is 11.3. The predicted octanol–water partition coefficient (Wildman–Crippen LogP) is 3.12. The van der Waals surface area contributed by atoms with Crippen molar-refractivity contribution in [2.75, 3.05) is 26.4 Å². The Morgan fingerprint density at radius 1 is 0.750 bits per heavy atom. The van der Waals surface area contributed by atoms with Crippen molar-refractivity contribution in [2.24, 2.45) is 0 Å². The van der Waals surface area contributed by atoms with Crippen LogP contribution in [0.25, 0.3) is 0 Å². The molecule has 0 aliphatic carbocycles. The van der Waals surface area contributed by atoms with Gasteiger partial charge in [0.25, 0.3) is 0 Å². The molecule has 0 spiro atoms. The van der Waals surface area contributed by atoms with Gasteiger partial charge < -0.3 is 29.2 Å². The van der Waals surface area contributed by atoms with Crippen molar-refractivity contribution in [1.82, 2.24) is 0 Å². The predicted molar refractivity (Wildman–Crippen MR) is 135 cm³/mol. The first-order valence-electron chi connectivity index (χ1n) is 11.3. The van der Waals surface area contributed by atoms with E-state index < -0.39 is 29.6 Å². The van der Waals surface area contributed by atoms with Crippen LogP contribution in [0.3, 0.4) is 0 Å². The van der Waals surface area contributed by atoms with Gasteiger partial charge in [-0.15, -0.1) is 6.58 Å². The number of esters is 2. The lowest BCUT2D eigenvalue weighted by Crippen LogP contribution is -2.25. The molecule has 0 aliphatic heterocycles. The number of hydrogen-bond acceptors (Lipinski definition) is 8. The van der Waals surface area contributed by atoms with Gasteiger partial charge in [0.15, 0.2) is 0 Å². The Kier molecular flexibility index (Phi) is 10.9. The molecule has 0 radical (unpaired) electrons. The third-order valence-electron chi connectivity index (χ3n) is 5.37. The Hall–Kier alpha value is -3.88. The second kappa shape index (κ2) is 13.9. The summed E-state index contributed by atoms with van der Waals surface area (Å²) in [4.78, 5) is 22.1. The number of benzene rings is 2. The molecule has 8 heteroatoms. The average molecular weight is 497 g/mol. The van der Waals surface area contributed by atoms with E-state index in [-0.39, 0.29) is 26.4 Å². The fraction of sp³-hybridized carbons (Fsp3) is 0.286. The summed E-state index contributed by atoms with van der Waals surface area (Å²) in [5.74, 6) is -0.0997. The maximum atomic E-state index is 11.1. The maximum Gasteiger partial charge on any atom is 0.330 e. The molecule has 0 aromatic heterocycles. The molecule has 2 N–H and O–H groups in total. The molecule has 2 atom stereocenters. The van der Waals surface area contributed by atoms with E-state index in [0.29, 0.717) is 11.5 Å². The number of hydrogen-bond donors (Lipinski definition) is 2. The Labute approximate surface area is 211 Å². The Morgan fingerprint density at radius 2 is 1.11 bits per heavy atom. The zero-order valence-corrected chi connectivity index (χ0v) is 20.3. The van der Waals surface area contributed by atoms with E-state index in [9.17, 15) is 19.8 Å². The molecular formula is C28H32O8. The van der Waals surface area contributed by atoms with Gasteiger partial charge in [-0.05, 0) is 42.3 Å². The van der Waals surface area contributed by atoms with Crippen LogP contribution in [-0.4, -0.2) is 60.8 Å². The fourth-order valence-electron chi connectivity index (χ4n) is 3.15. The number of aliphatic hydroxyl groups excluding tert-OH is 2. The lowest BCUT2D eigenvalue weighted by molar-refractivity contribution is -0.142. The lowest BCUT2D eigenvalue weighted by Gasteiger charge is -2.27. The number of carbonyl (C=O) groups excluding carboxylic acids is 2. The van der Waals surface area contributed by atoms with Gasteiger partial charge in [0.2, 0.25) is 0 Å². The monoisotopic (exact) mass is 496 g/mol. The van der Waals surface area contributed by atoms with Gasteiger partial charge >= 0.3 is 11.9 Å². The van der Waals surface area contributed by atoms with E-state index in [1.807, 2.05) is 37.3 Å². The highest BCUT2D eigenvalue weighted by Crippen LogP contribution is 2.35. The summed E-state index contributed by atoms with van der Waals surface area (Å²) in [6.45, 7) is 12.2. The van der Waals surface area contributed by atoms with Crippen molar-refractivity contribution in [1.29, 1.82) is 0 Å². The average Bonchev–Trinajstić information content (AvgIpc) is 2.92. The maximum absolute atomic E-state index is 11.1. The molecule has 0 saturated heterocycles. The number of allylic oxidation sites excluding steroid dienone is 1. The molecule has 2 aromatic carbocycles. The number of ether oxygens (including phenoxy) is 4. The molecule has 8 nitrogen and oxygen atoms in total. The van der Waals surface area contributed by atoms with E-state index in [1.165, 1.54) is 0 Å². The van der Waals surface area contributed by atoms with Crippen molar-refractivity contribution in [2.45, 2.75) is 24.5 Å². The Morgan fingerprint density at radius 3 is 1.42 bits per heavy atom. The molecule has 2 aromatic rings. The highest BCUT2D eigenvalue weighted by atomic mass is 16.6. The van der Waals surface area contributed by atoms with E-state index in [0.717, 1.165) is 23.3 Å². The van der Waals surface area contributed by atoms with Crippen LogP contribution >= 0.6 is 0 Å². The normalized spacial score (nSPS) is 13.9. The summed E-state index contributed by atoms with van der Waals surface area (Å²) in [7, 11) is 0. The van der Waals surface area contributed by atoms with Crippen LogP contribution in [0.5, 0.6) is 11.5 Å². The van der Waals surface area contributed by atoms with Gasteiger partial charge in [-0.3, -0.25) is 0 Å². The summed E-state index contributed by atoms with van der Waals surface area (Å²) >= 11 is 0. The minimum atomic E-state index is -0.962. The van der Waals surface area contributed by atoms with Crippen molar-refractivity contribution < 1.29 is 38.7 Å². The zero-order valence-electron chi connectivity index (χ0n) is 20.3. The lowest BCUT2D eigenvalue weighted by atomic mass is 9.76. The summed E-state index contributed by atoms with van der Waals surface area (Å²) in [5.41, 5.74) is 1.44. The molecule has 36 heavy (non-hydrogen) atoms. The van der Waals surface area contributed by atoms with Crippen molar-refractivity contribution in [3.05, 3.63) is 97.6 Å². The molecule has 2 unspecified atom stereocenters. The summed E-state index contributed by atoms with van der Waals surface area (Å²) in [6.07, 6.45) is 1.97. The first-order chi connectivity index (χ1) is 17.2. The molecule has 0 amide bonds. The van der Waals surface area contributed by atoms with Crippen LogP contribution in [0.15, 0.2) is 86.5 Å². The Balaban J connectivity index is 1.96. The molecular weight excluding hydrogens is 464 g/mol. The van der Waals surface area contributed by atoms with E-state index in [4.69, 9.17) is 18.9 Å². The van der Waals surface area contributed by atoms with E-state index in [1.54, 1.807) is 24.3 Å². The van der Waals surface area contributed by atoms with Crippen molar-refractivity contribution in [3.8, 4) is 11.5 Å². The smallest absolute Gasteiger partial charge is 0.330 e. The van der Waals surface area contributed by atoms with Crippen LogP contribution in [0.4, 0.5) is 0 Å². The topological polar surface area (TPSA) is 112 Å². The van der Waals surface area contributed by atoms with Crippen LogP contribution in [0.2, 0.25) is 0 Å². The second-order valence-electron chi connectivity index (χ2n) is 8.05. The van der Waals surface area contributed by atoms with Gasteiger partial charge in [0, 0.05) is 17.6 Å². The second-order valence-corrected chi connectivity index (χ2v) is 8.05. The largest absolute Gasteiger partial charge is 0.491 e. The van der Waals surface area contributed by atoms with Gasteiger partial charge in [-0.2, -0.15) is 0 Å². The number of aliphatic hydroxyl groups is 2. The molecule has 0 aliphatic rings. The molecule has 0 bridgehead atoms. The molecule has 192 valence electrons. The highest BCUT2D eigenvalue weighted by Gasteiger charge is 2.25. The summed E-state index contributed by atoms with van der Waals surface area (Å²) in [5, 5.41) is 19.8. The van der Waals surface area contributed by atoms with Crippen LogP contribution in [0.1, 0.15) is 18.1 Å². The van der Waals surface area contributed by atoms with Gasteiger partial charge in [0.05, 0.1) is 0 Å². The summed E-state index contributed by atoms with van der Waals surface area (Å²) in [6, 6.07) is 14.8. The minimum Gasteiger partial charge on any atom is -0.491 e. The minimum absolute atomic E-state index is 0.0324. The third kappa shape index (κ3) is 8.41. The molecule has 2 rings (SSSR count). The quantitative estimate of drug-likeness (QED) is 0.220. The standard InChI is InChI=1S/C28H32O8/c1-5-26(31)35-18-22(29)16-33-24-12-8-20(9-13-24)28(4,7-3)21-10-14-25(15-11-21)34-17-23(30)19-36-27(32)6-2/h5-15,22-23,29-30H,1-3,16-19H2,4H3. The number of rotatable bonds is 15. The van der Waals surface area contributed by atoms with E-state index in [2.05, 4.69) is 19.7 Å². The zero-order chi connectivity index (χ0) is 26.6. The van der Waals surface area contributed by atoms with Crippen molar-refractivity contribution in [3.63, 3.8) is 0 Å². The van der Waals surface area contributed by atoms with Crippen LogP contribution in [-0.2, 0) is 24.5 Å². The van der Waals surface area contributed by atoms with Crippen LogP contribution in [0, 0.1) is 0 Å².